The Balaban J connectivity index is 1.26. The summed E-state index contributed by atoms with van der Waals surface area (Å²) in [4.78, 5) is 27.6. The number of halogens is 1. The average Bonchev–Trinajstić information content (AvgIpc) is 3.15. The summed E-state index contributed by atoms with van der Waals surface area (Å²) in [5, 5.41) is 11.3. The number of hydrogen-bond donors (Lipinski definition) is 2. The smallest absolute Gasteiger partial charge is 0.313 e. The van der Waals surface area contributed by atoms with Crippen molar-refractivity contribution in [1.29, 1.82) is 5.41 Å². The average molecular weight is 501 g/mol. The van der Waals surface area contributed by atoms with Gasteiger partial charge in [0.15, 0.2) is 5.79 Å². The molecular formula is C24H29FN6O5. The second-order valence-electron chi connectivity index (χ2n) is 9.00. The first kappa shape index (κ1) is 25.5. The Bertz CT molecular complexity index is 1130. The Hall–Kier alpha value is -3.64. The molecule has 0 radical (unpaired) electrons. The van der Waals surface area contributed by atoms with Crippen molar-refractivity contribution in [2.75, 3.05) is 31.2 Å². The second-order valence-corrected chi connectivity index (χ2v) is 9.00. The summed E-state index contributed by atoms with van der Waals surface area (Å²) >= 11 is 0. The van der Waals surface area contributed by atoms with Gasteiger partial charge in [0.25, 0.3) is 0 Å². The first-order chi connectivity index (χ1) is 17.2. The number of hydrogen-bond acceptors (Lipinski definition) is 10. The van der Waals surface area contributed by atoms with E-state index < -0.39 is 17.6 Å². The van der Waals surface area contributed by atoms with E-state index in [-0.39, 0.29) is 30.5 Å². The van der Waals surface area contributed by atoms with Gasteiger partial charge in [-0.25, -0.2) is 14.4 Å². The molecule has 2 aliphatic rings. The predicted octanol–water partition coefficient (Wildman–Crippen LogP) is 2.39. The fraction of sp³-hybridized carbons (Fsp3) is 0.458. The third-order valence-corrected chi connectivity index (χ3v) is 5.57. The number of esters is 1. The van der Waals surface area contributed by atoms with Crippen molar-refractivity contribution in [3.63, 3.8) is 0 Å². The number of ether oxygens (including phenoxy) is 3. The monoisotopic (exact) mass is 500 g/mol. The minimum atomic E-state index is -0.690. The van der Waals surface area contributed by atoms with Crippen LogP contribution in [-0.4, -0.2) is 65.7 Å². The highest BCUT2D eigenvalue weighted by Gasteiger charge is 2.32. The lowest BCUT2D eigenvalue weighted by molar-refractivity contribution is -0.143. The Labute approximate surface area is 207 Å². The van der Waals surface area contributed by atoms with Gasteiger partial charge in [0.1, 0.15) is 31.3 Å². The Morgan fingerprint density at radius 1 is 1.33 bits per heavy atom. The largest absolute Gasteiger partial charge is 0.460 e. The number of amidine groups is 1. The molecule has 0 spiro atoms. The van der Waals surface area contributed by atoms with Crippen LogP contribution in [0.2, 0.25) is 0 Å². The minimum absolute atomic E-state index is 0.0114. The molecule has 0 amide bonds. The standard InChI is InChI=1S/C24H29FN6O5/c1-24(2)34-14-18(36-24)6-7-35-30-17-11-31(12-17)23-28-9-16(10-29-23)19-5-3-4-15(22(19)25)13-33-21(32)8-20(26)27/h3-5,9-10,18H,6-8,11-14H2,1-2H3,(H3,26,27). The highest BCUT2D eigenvalue weighted by atomic mass is 19.1. The molecule has 1 aromatic carbocycles. The summed E-state index contributed by atoms with van der Waals surface area (Å²) in [5.41, 5.74) is 7.04. The van der Waals surface area contributed by atoms with Crippen molar-refractivity contribution in [1.82, 2.24) is 9.97 Å². The molecule has 1 atom stereocenters. The molecule has 1 unspecified atom stereocenters. The summed E-state index contributed by atoms with van der Waals surface area (Å²) in [6, 6.07) is 4.78. The number of carbonyl (C=O) groups excluding carboxylic acids is 1. The molecule has 2 fully saturated rings. The molecule has 3 N–H and O–H groups in total. The van der Waals surface area contributed by atoms with Gasteiger partial charge in [-0.15, -0.1) is 0 Å². The van der Waals surface area contributed by atoms with E-state index >= 15 is 0 Å². The highest BCUT2D eigenvalue weighted by molar-refractivity contribution is 5.98. The fourth-order valence-electron chi connectivity index (χ4n) is 3.72. The van der Waals surface area contributed by atoms with Crippen LogP contribution in [-0.2, 0) is 30.4 Å². The van der Waals surface area contributed by atoms with Crippen LogP contribution >= 0.6 is 0 Å². The van der Waals surface area contributed by atoms with Gasteiger partial charge in [-0.2, -0.15) is 0 Å². The molecule has 36 heavy (non-hydrogen) atoms. The highest BCUT2D eigenvalue weighted by Crippen LogP contribution is 2.26. The maximum atomic E-state index is 15.0. The molecule has 192 valence electrons. The van der Waals surface area contributed by atoms with Gasteiger partial charge in [-0.05, 0) is 13.8 Å². The van der Waals surface area contributed by atoms with Crippen LogP contribution in [0.3, 0.4) is 0 Å². The van der Waals surface area contributed by atoms with Gasteiger partial charge in [0, 0.05) is 35.5 Å². The van der Waals surface area contributed by atoms with Gasteiger partial charge >= 0.3 is 5.97 Å². The lowest BCUT2D eigenvalue weighted by Gasteiger charge is -2.31. The summed E-state index contributed by atoms with van der Waals surface area (Å²) in [6.45, 7) is 5.60. The van der Waals surface area contributed by atoms with E-state index in [1.165, 1.54) is 6.07 Å². The Morgan fingerprint density at radius 2 is 2.08 bits per heavy atom. The number of carbonyl (C=O) groups is 1. The zero-order valence-corrected chi connectivity index (χ0v) is 20.2. The number of nitrogens with zero attached hydrogens (tertiary/aromatic N) is 4. The summed E-state index contributed by atoms with van der Waals surface area (Å²) in [6.07, 6.45) is 3.46. The predicted molar refractivity (Wildman–Crippen MR) is 129 cm³/mol. The lowest BCUT2D eigenvalue weighted by atomic mass is 10.1. The van der Waals surface area contributed by atoms with Gasteiger partial charge in [-0.1, -0.05) is 23.4 Å². The second kappa shape index (κ2) is 11.0. The molecule has 1 aromatic heterocycles. The maximum Gasteiger partial charge on any atom is 0.313 e. The summed E-state index contributed by atoms with van der Waals surface area (Å²) < 4.78 is 31.2. The molecule has 2 aromatic rings. The van der Waals surface area contributed by atoms with Gasteiger partial charge < -0.3 is 29.7 Å². The number of nitrogens with one attached hydrogen (secondary N) is 1. The molecule has 2 saturated heterocycles. The normalized spacial score (nSPS) is 18.5. The molecule has 2 aliphatic heterocycles. The zero-order chi connectivity index (χ0) is 25.7. The van der Waals surface area contributed by atoms with Crippen LogP contribution in [0, 0.1) is 11.2 Å². The van der Waals surface area contributed by atoms with Gasteiger partial charge in [0.2, 0.25) is 5.95 Å². The number of rotatable bonds is 10. The Kier molecular flexibility index (Phi) is 7.75. The lowest BCUT2D eigenvalue weighted by Crippen LogP contribution is -2.48. The van der Waals surface area contributed by atoms with E-state index in [9.17, 15) is 9.18 Å². The quantitative estimate of drug-likeness (QED) is 0.165. The topological polar surface area (TPSA) is 145 Å². The van der Waals surface area contributed by atoms with Crippen LogP contribution in [0.4, 0.5) is 10.3 Å². The van der Waals surface area contributed by atoms with Gasteiger partial charge in [-0.3, -0.25) is 10.2 Å². The molecule has 12 heteroatoms. The van der Waals surface area contributed by atoms with Crippen molar-refractivity contribution < 1.29 is 28.2 Å². The molecule has 3 heterocycles. The first-order valence-electron chi connectivity index (χ1n) is 11.5. The van der Waals surface area contributed by atoms with E-state index in [1.54, 1.807) is 24.5 Å². The molecule has 11 nitrogen and oxygen atoms in total. The maximum absolute atomic E-state index is 15.0. The van der Waals surface area contributed by atoms with Crippen molar-refractivity contribution >= 4 is 23.5 Å². The third-order valence-electron chi connectivity index (χ3n) is 5.57. The van der Waals surface area contributed by atoms with E-state index in [4.69, 9.17) is 30.2 Å². The fourth-order valence-corrected chi connectivity index (χ4v) is 3.72. The number of benzene rings is 1. The molecular weight excluding hydrogens is 471 g/mol. The summed E-state index contributed by atoms with van der Waals surface area (Å²) in [7, 11) is 0. The van der Waals surface area contributed by atoms with E-state index in [0.717, 1.165) is 5.71 Å². The minimum Gasteiger partial charge on any atom is -0.460 e. The third kappa shape index (κ3) is 6.52. The van der Waals surface area contributed by atoms with E-state index in [1.807, 2.05) is 18.7 Å². The first-order valence-corrected chi connectivity index (χ1v) is 11.5. The number of oxime groups is 1. The van der Waals surface area contributed by atoms with Gasteiger partial charge in [0.05, 0.1) is 31.5 Å². The molecule has 4 rings (SSSR count). The number of anilines is 1. The molecule has 0 bridgehead atoms. The van der Waals surface area contributed by atoms with Crippen LogP contribution in [0.25, 0.3) is 11.1 Å². The van der Waals surface area contributed by atoms with Crippen molar-refractivity contribution in [2.24, 2.45) is 10.9 Å². The van der Waals surface area contributed by atoms with Crippen molar-refractivity contribution in [3.8, 4) is 11.1 Å². The molecule has 0 aliphatic carbocycles. The SMILES string of the molecule is CC1(C)OCC(CCON=C2CN(c3ncc(-c4cccc(COC(=O)CC(=N)N)c4F)cn3)C2)O1. The zero-order valence-electron chi connectivity index (χ0n) is 20.2. The van der Waals surface area contributed by atoms with E-state index in [2.05, 4.69) is 15.1 Å². The van der Waals surface area contributed by atoms with Crippen LogP contribution in [0.15, 0.2) is 35.7 Å². The molecule has 0 saturated carbocycles. The summed E-state index contributed by atoms with van der Waals surface area (Å²) in [5.74, 6) is -1.57. The van der Waals surface area contributed by atoms with Crippen LogP contribution in [0.1, 0.15) is 32.3 Å². The Morgan fingerprint density at radius 3 is 2.75 bits per heavy atom. The van der Waals surface area contributed by atoms with Crippen LogP contribution in [0.5, 0.6) is 0 Å². The number of nitrogens with two attached hydrogens (primary N) is 1. The van der Waals surface area contributed by atoms with Crippen molar-refractivity contribution in [2.45, 2.75) is 45.2 Å². The van der Waals surface area contributed by atoms with Crippen LogP contribution < -0.4 is 10.6 Å². The number of aromatic nitrogens is 2. The van der Waals surface area contributed by atoms with Crippen molar-refractivity contribution in [3.05, 3.63) is 42.0 Å². The van der Waals surface area contributed by atoms with E-state index in [0.29, 0.717) is 49.8 Å².